The molecule has 1 aromatic rings. The van der Waals surface area contributed by atoms with Gasteiger partial charge in [0.05, 0.1) is 5.92 Å². The lowest BCUT2D eigenvalue weighted by molar-refractivity contribution is -0.138. The van der Waals surface area contributed by atoms with Crippen molar-refractivity contribution in [3.63, 3.8) is 0 Å². The number of hydrogen-bond donors (Lipinski definition) is 2. The lowest BCUT2D eigenvalue weighted by Crippen LogP contribution is -2.19. The van der Waals surface area contributed by atoms with Crippen LogP contribution in [0.3, 0.4) is 0 Å². The van der Waals surface area contributed by atoms with Gasteiger partial charge in [-0.05, 0) is 63.0 Å². The van der Waals surface area contributed by atoms with Crippen LogP contribution in [0.25, 0.3) is 0 Å². The maximum absolute atomic E-state index is 11.3. The second-order valence-corrected chi connectivity index (χ2v) is 4.58. The summed E-state index contributed by atoms with van der Waals surface area (Å²) in [4.78, 5) is 11.3. The van der Waals surface area contributed by atoms with E-state index in [0.29, 0.717) is 13.0 Å². The van der Waals surface area contributed by atoms with E-state index in [2.05, 4.69) is 18.3 Å². The van der Waals surface area contributed by atoms with Crippen molar-refractivity contribution in [3.8, 4) is 0 Å². The highest BCUT2D eigenvalue weighted by atomic mass is 16.4. The zero-order valence-electron chi connectivity index (χ0n) is 11.0. The Balaban J connectivity index is 3.09. The Kier molecular flexibility index (Phi) is 4.70. The van der Waals surface area contributed by atoms with Gasteiger partial charge in [0.1, 0.15) is 0 Å². The molecule has 94 valence electrons. The molecule has 2 N–H and O–H groups in total. The number of aryl methyl sites for hydroxylation is 3. The lowest BCUT2D eigenvalue weighted by atomic mass is 9.89. The number of carboxylic acids is 1. The number of rotatable bonds is 5. The second kappa shape index (κ2) is 5.82. The highest BCUT2D eigenvalue weighted by Gasteiger charge is 2.21. The minimum absolute atomic E-state index is 0.415. The molecule has 0 aliphatic rings. The summed E-state index contributed by atoms with van der Waals surface area (Å²) in [5.74, 6) is -1.16. The average Bonchev–Trinajstić information content (AvgIpc) is 2.25. The molecule has 0 amide bonds. The molecule has 0 radical (unpaired) electrons. The Hall–Kier alpha value is -1.35. The summed E-state index contributed by atoms with van der Waals surface area (Å²) in [6.07, 6.45) is 0.620. The van der Waals surface area contributed by atoms with Gasteiger partial charge in [-0.1, -0.05) is 12.1 Å². The van der Waals surface area contributed by atoms with Crippen molar-refractivity contribution in [2.45, 2.75) is 33.1 Å². The van der Waals surface area contributed by atoms with Crippen LogP contribution in [0.15, 0.2) is 12.1 Å². The standard InChI is InChI=1S/C14H21NO2/c1-9-7-11(3)13(8-10(9)2)12(14(16)17)5-6-15-4/h7-8,12,15H,5-6H2,1-4H3,(H,16,17). The first kappa shape index (κ1) is 13.7. The summed E-state index contributed by atoms with van der Waals surface area (Å²) < 4.78 is 0. The number of hydrogen-bond acceptors (Lipinski definition) is 2. The highest BCUT2D eigenvalue weighted by Crippen LogP contribution is 2.26. The van der Waals surface area contributed by atoms with Gasteiger partial charge < -0.3 is 10.4 Å². The molecule has 17 heavy (non-hydrogen) atoms. The summed E-state index contributed by atoms with van der Waals surface area (Å²) in [6.45, 7) is 6.77. The lowest BCUT2D eigenvalue weighted by Gasteiger charge is -2.17. The number of carboxylic acid groups (broad SMARTS) is 1. The van der Waals surface area contributed by atoms with Gasteiger partial charge in [-0.2, -0.15) is 0 Å². The van der Waals surface area contributed by atoms with Gasteiger partial charge in [0.25, 0.3) is 0 Å². The van der Waals surface area contributed by atoms with E-state index >= 15 is 0 Å². The van der Waals surface area contributed by atoms with Crippen LogP contribution in [0.4, 0.5) is 0 Å². The zero-order chi connectivity index (χ0) is 13.0. The molecular weight excluding hydrogens is 214 g/mol. The molecule has 1 rings (SSSR count). The summed E-state index contributed by atoms with van der Waals surface area (Å²) in [6, 6.07) is 4.08. The van der Waals surface area contributed by atoms with E-state index in [0.717, 1.165) is 16.7 Å². The van der Waals surface area contributed by atoms with Crippen LogP contribution < -0.4 is 5.32 Å². The molecule has 3 heteroatoms. The average molecular weight is 235 g/mol. The minimum atomic E-state index is -0.744. The van der Waals surface area contributed by atoms with E-state index < -0.39 is 11.9 Å². The van der Waals surface area contributed by atoms with E-state index in [1.807, 2.05) is 27.0 Å². The number of aliphatic carboxylic acids is 1. The molecular formula is C14H21NO2. The van der Waals surface area contributed by atoms with Crippen molar-refractivity contribution < 1.29 is 9.90 Å². The third-order valence-electron chi connectivity index (χ3n) is 3.24. The third kappa shape index (κ3) is 3.30. The predicted octanol–water partition coefficient (Wildman–Crippen LogP) is 2.39. The van der Waals surface area contributed by atoms with Crippen LogP contribution in [0.2, 0.25) is 0 Å². The third-order valence-corrected chi connectivity index (χ3v) is 3.24. The van der Waals surface area contributed by atoms with Gasteiger partial charge in [-0.25, -0.2) is 0 Å². The first-order valence-electron chi connectivity index (χ1n) is 5.92. The topological polar surface area (TPSA) is 49.3 Å². The van der Waals surface area contributed by atoms with Crippen molar-refractivity contribution in [1.29, 1.82) is 0 Å². The maximum Gasteiger partial charge on any atom is 0.311 e. The van der Waals surface area contributed by atoms with E-state index in [1.165, 1.54) is 5.56 Å². The molecule has 0 saturated carbocycles. The van der Waals surface area contributed by atoms with E-state index in [1.54, 1.807) is 0 Å². The van der Waals surface area contributed by atoms with Crippen molar-refractivity contribution in [1.82, 2.24) is 5.32 Å². The van der Waals surface area contributed by atoms with E-state index in [4.69, 9.17) is 0 Å². The number of carbonyl (C=O) groups is 1. The smallest absolute Gasteiger partial charge is 0.311 e. The van der Waals surface area contributed by atoms with Gasteiger partial charge in [-0.15, -0.1) is 0 Å². The second-order valence-electron chi connectivity index (χ2n) is 4.58. The molecule has 0 fully saturated rings. The Labute approximate surface area is 103 Å². The van der Waals surface area contributed by atoms with Crippen LogP contribution in [0.1, 0.15) is 34.6 Å². The summed E-state index contributed by atoms with van der Waals surface area (Å²) in [5, 5.41) is 12.3. The fraction of sp³-hybridized carbons (Fsp3) is 0.500. The summed E-state index contributed by atoms with van der Waals surface area (Å²) >= 11 is 0. The Bertz CT molecular complexity index is 413. The van der Waals surface area contributed by atoms with Crippen LogP contribution >= 0.6 is 0 Å². The van der Waals surface area contributed by atoms with Crippen LogP contribution in [-0.2, 0) is 4.79 Å². The van der Waals surface area contributed by atoms with Crippen molar-refractivity contribution in [2.75, 3.05) is 13.6 Å². The van der Waals surface area contributed by atoms with Crippen molar-refractivity contribution in [2.24, 2.45) is 0 Å². The first-order valence-corrected chi connectivity index (χ1v) is 5.92. The van der Waals surface area contributed by atoms with E-state index in [9.17, 15) is 9.90 Å². The van der Waals surface area contributed by atoms with Gasteiger partial charge in [0, 0.05) is 0 Å². The zero-order valence-corrected chi connectivity index (χ0v) is 11.0. The SMILES string of the molecule is CNCCC(C(=O)O)c1cc(C)c(C)cc1C. The quantitative estimate of drug-likeness (QED) is 0.824. The fourth-order valence-electron chi connectivity index (χ4n) is 2.06. The van der Waals surface area contributed by atoms with Gasteiger partial charge in [0.2, 0.25) is 0 Å². The summed E-state index contributed by atoms with van der Waals surface area (Å²) in [5.41, 5.74) is 4.37. The molecule has 0 aliphatic heterocycles. The minimum Gasteiger partial charge on any atom is -0.481 e. The Morgan fingerprint density at radius 1 is 1.24 bits per heavy atom. The van der Waals surface area contributed by atoms with E-state index in [-0.39, 0.29) is 0 Å². The highest BCUT2D eigenvalue weighted by molar-refractivity contribution is 5.76. The van der Waals surface area contributed by atoms with Gasteiger partial charge in [-0.3, -0.25) is 4.79 Å². The molecule has 3 nitrogen and oxygen atoms in total. The molecule has 1 atom stereocenters. The van der Waals surface area contributed by atoms with Crippen LogP contribution in [0.5, 0.6) is 0 Å². The predicted molar refractivity (Wildman–Crippen MR) is 69.6 cm³/mol. The summed E-state index contributed by atoms with van der Waals surface area (Å²) in [7, 11) is 1.84. The molecule has 1 unspecified atom stereocenters. The first-order chi connectivity index (χ1) is 7.97. The molecule has 0 aliphatic carbocycles. The van der Waals surface area contributed by atoms with Gasteiger partial charge >= 0.3 is 5.97 Å². The number of nitrogens with one attached hydrogen (secondary N) is 1. The van der Waals surface area contributed by atoms with Gasteiger partial charge in [0.15, 0.2) is 0 Å². The monoisotopic (exact) mass is 235 g/mol. The molecule has 0 bridgehead atoms. The van der Waals surface area contributed by atoms with Crippen molar-refractivity contribution in [3.05, 3.63) is 34.4 Å². The molecule has 0 saturated heterocycles. The normalized spacial score (nSPS) is 12.5. The maximum atomic E-state index is 11.3. The molecule has 1 aromatic carbocycles. The number of benzene rings is 1. The van der Waals surface area contributed by atoms with Crippen LogP contribution in [-0.4, -0.2) is 24.7 Å². The Morgan fingerprint density at radius 3 is 2.35 bits per heavy atom. The molecule has 0 spiro atoms. The van der Waals surface area contributed by atoms with Crippen molar-refractivity contribution >= 4 is 5.97 Å². The largest absolute Gasteiger partial charge is 0.481 e. The molecule has 0 aromatic heterocycles. The molecule has 0 heterocycles. The Morgan fingerprint density at radius 2 is 1.82 bits per heavy atom. The van der Waals surface area contributed by atoms with Crippen LogP contribution in [0, 0.1) is 20.8 Å². The fourth-order valence-corrected chi connectivity index (χ4v) is 2.06.